The molecular weight excluding hydrogens is 278 g/mol. The SMILES string of the molecule is COc1cccc(C(=O)c2c[nH]c3ccc(C)cc3c2=O)c1. The molecule has 0 bridgehead atoms. The van der Waals surface area contributed by atoms with Crippen molar-refractivity contribution in [3.05, 3.63) is 75.6 Å². The topological polar surface area (TPSA) is 59.2 Å². The van der Waals surface area contributed by atoms with Crippen LogP contribution >= 0.6 is 0 Å². The van der Waals surface area contributed by atoms with Crippen molar-refractivity contribution < 1.29 is 9.53 Å². The van der Waals surface area contributed by atoms with Crippen LogP contribution in [0.4, 0.5) is 0 Å². The van der Waals surface area contributed by atoms with E-state index in [1.54, 1.807) is 30.3 Å². The first kappa shape index (κ1) is 14.1. The number of hydrogen-bond donors (Lipinski definition) is 1. The molecule has 0 radical (unpaired) electrons. The normalized spacial score (nSPS) is 10.6. The second kappa shape index (κ2) is 5.48. The standard InChI is InChI=1S/C18H15NO3/c1-11-6-7-16-14(8-11)18(21)15(10-19-16)17(20)12-4-3-5-13(9-12)22-2/h3-10H,1-2H3,(H,19,21). The Morgan fingerprint density at radius 1 is 1.14 bits per heavy atom. The van der Waals surface area contributed by atoms with Gasteiger partial charge in [-0.2, -0.15) is 0 Å². The van der Waals surface area contributed by atoms with E-state index in [0.717, 1.165) is 11.1 Å². The Bertz CT molecular complexity index is 925. The van der Waals surface area contributed by atoms with Crippen LogP contribution in [0.5, 0.6) is 5.75 Å². The van der Waals surface area contributed by atoms with Crippen molar-refractivity contribution in [3.63, 3.8) is 0 Å². The van der Waals surface area contributed by atoms with Crippen LogP contribution in [-0.4, -0.2) is 17.9 Å². The van der Waals surface area contributed by atoms with Gasteiger partial charge in [-0.1, -0.05) is 23.8 Å². The van der Waals surface area contributed by atoms with E-state index in [9.17, 15) is 9.59 Å². The van der Waals surface area contributed by atoms with Crippen molar-refractivity contribution >= 4 is 16.7 Å². The highest BCUT2D eigenvalue weighted by molar-refractivity contribution is 6.10. The lowest BCUT2D eigenvalue weighted by atomic mass is 10.0. The predicted molar refractivity (Wildman–Crippen MR) is 85.7 cm³/mol. The molecule has 0 aliphatic rings. The number of pyridine rings is 1. The lowest BCUT2D eigenvalue weighted by Gasteiger charge is -2.05. The summed E-state index contributed by atoms with van der Waals surface area (Å²) >= 11 is 0. The number of hydrogen-bond acceptors (Lipinski definition) is 3. The van der Waals surface area contributed by atoms with Crippen molar-refractivity contribution in [2.24, 2.45) is 0 Å². The van der Waals surface area contributed by atoms with Gasteiger partial charge in [0.2, 0.25) is 5.43 Å². The first-order valence-corrected chi connectivity index (χ1v) is 6.91. The van der Waals surface area contributed by atoms with Gasteiger partial charge in [0.05, 0.1) is 12.7 Å². The Labute approximate surface area is 127 Å². The number of aromatic nitrogens is 1. The van der Waals surface area contributed by atoms with E-state index in [1.165, 1.54) is 13.3 Å². The van der Waals surface area contributed by atoms with Crippen LogP contribution in [0.15, 0.2) is 53.5 Å². The fraction of sp³-hybridized carbons (Fsp3) is 0.111. The minimum Gasteiger partial charge on any atom is -0.497 e. The molecule has 4 heteroatoms. The summed E-state index contributed by atoms with van der Waals surface area (Å²) in [4.78, 5) is 28.2. The second-order valence-electron chi connectivity index (χ2n) is 5.14. The third kappa shape index (κ3) is 2.39. The lowest BCUT2D eigenvalue weighted by Crippen LogP contribution is -2.16. The second-order valence-corrected chi connectivity index (χ2v) is 5.14. The van der Waals surface area contributed by atoms with Crippen molar-refractivity contribution in [2.75, 3.05) is 7.11 Å². The van der Waals surface area contributed by atoms with E-state index in [4.69, 9.17) is 4.74 Å². The van der Waals surface area contributed by atoms with Gasteiger partial charge in [-0.05, 0) is 31.2 Å². The first-order chi connectivity index (χ1) is 10.6. The average molecular weight is 293 g/mol. The van der Waals surface area contributed by atoms with Crippen molar-refractivity contribution in [1.29, 1.82) is 0 Å². The molecule has 3 aromatic rings. The molecule has 0 aliphatic heterocycles. The Morgan fingerprint density at radius 3 is 2.73 bits per heavy atom. The Hall–Kier alpha value is -2.88. The number of carbonyl (C=O) groups is 1. The van der Waals surface area contributed by atoms with E-state index >= 15 is 0 Å². The highest BCUT2D eigenvalue weighted by Gasteiger charge is 2.15. The summed E-state index contributed by atoms with van der Waals surface area (Å²) < 4.78 is 5.12. The summed E-state index contributed by atoms with van der Waals surface area (Å²) in [6.45, 7) is 1.91. The number of ketones is 1. The molecule has 0 fully saturated rings. The zero-order valence-electron chi connectivity index (χ0n) is 12.3. The smallest absolute Gasteiger partial charge is 0.200 e. The predicted octanol–water partition coefficient (Wildman–Crippen LogP) is 3.08. The molecule has 2 aromatic carbocycles. The number of H-pyrrole nitrogens is 1. The summed E-state index contributed by atoms with van der Waals surface area (Å²) in [5, 5.41) is 0.522. The van der Waals surface area contributed by atoms with Crippen molar-refractivity contribution in [3.8, 4) is 5.75 Å². The summed E-state index contributed by atoms with van der Waals surface area (Å²) in [5.41, 5.74) is 2.00. The molecule has 0 aliphatic carbocycles. The third-order valence-electron chi connectivity index (χ3n) is 3.61. The Balaban J connectivity index is 2.15. The molecular formula is C18H15NO3. The lowest BCUT2D eigenvalue weighted by molar-refractivity contribution is 0.103. The molecule has 110 valence electrons. The van der Waals surface area contributed by atoms with E-state index in [1.807, 2.05) is 19.1 Å². The maximum atomic E-state index is 12.6. The molecule has 0 unspecified atom stereocenters. The van der Waals surface area contributed by atoms with Gasteiger partial charge in [0.1, 0.15) is 5.75 Å². The van der Waals surface area contributed by atoms with E-state index in [-0.39, 0.29) is 16.8 Å². The molecule has 0 saturated carbocycles. The highest BCUT2D eigenvalue weighted by Crippen LogP contribution is 2.16. The molecule has 3 rings (SSSR count). The number of carbonyl (C=O) groups excluding carboxylic acids is 1. The van der Waals surface area contributed by atoms with Gasteiger partial charge in [0, 0.05) is 22.7 Å². The van der Waals surface area contributed by atoms with Gasteiger partial charge >= 0.3 is 0 Å². The van der Waals surface area contributed by atoms with E-state index in [2.05, 4.69) is 4.98 Å². The molecule has 1 aromatic heterocycles. The average Bonchev–Trinajstić information content (AvgIpc) is 2.55. The Morgan fingerprint density at radius 2 is 1.95 bits per heavy atom. The van der Waals surface area contributed by atoms with Gasteiger partial charge in [0.15, 0.2) is 5.78 Å². The van der Waals surface area contributed by atoms with Crippen molar-refractivity contribution in [1.82, 2.24) is 4.98 Å². The number of methoxy groups -OCH3 is 1. The van der Waals surface area contributed by atoms with Crippen LogP contribution in [0.25, 0.3) is 10.9 Å². The zero-order chi connectivity index (χ0) is 15.7. The van der Waals surface area contributed by atoms with Crippen LogP contribution in [0.2, 0.25) is 0 Å². The summed E-state index contributed by atoms with van der Waals surface area (Å²) in [7, 11) is 1.54. The molecule has 4 nitrogen and oxygen atoms in total. The van der Waals surface area contributed by atoms with Gasteiger partial charge in [0.25, 0.3) is 0 Å². The minimum absolute atomic E-state index is 0.131. The number of aryl methyl sites for hydroxylation is 1. The number of aromatic amines is 1. The molecule has 1 heterocycles. The summed E-state index contributed by atoms with van der Waals surface area (Å²) in [6.07, 6.45) is 1.47. The minimum atomic E-state index is -0.316. The summed E-state index contributed by atoms with van der Waals surface area (Å²) in [6, 6.07) is 12.3. The molecule has 0 atom stereocenters. The largest absolute Gasteiger partial charge is 0.497 e. The van der Waals surface area contributed by atoms with Crippen LogP contribution in [0.1, 0.15) is 21.5 Å². The molecule has 1 N–H and O–H groups in total. The number of rotatable bonds is 3. The first-order valence-electron chi connectivity index (χ1n) is 6.91. The zero-order valence-corrected chi connectivity index (χ0v) is 12.3. The van der Waals surface area contributed by atoms with E-state index < -0.39 is 0 Å². The van der Waals surface area contributed by atoms with Crippen LogP contribution < -0.4 is 10.2 Å². The quantitative estimate of drug-likeness (QED) is 0.755. The fourth-order valence-corrected chi connectivity index (χ4v) is 2.42. The van der Waals surface area contributed by atoms with Crippen LogP contribution in [0.3, 0.4) is 0 Å². The van der Waals surface area contributed by atoms with Gasteiger partial charge in [-0.15, -0.1) is 0 Å². The fourth-order valence-electron chi connectivity index (χ4n) is 2.42. The van der Waals surface area contributed by atoms with Crippen LogP contribution in [0, 0.1) is 6.92 Å². The van der Waals surface area contributed by atoms with E-state index in [0.29, 0.717) is 16.7 Å². The number of benzene rings is 2. The number of nitrogens with one attached hydrogen (secondary N) is 1. The summed E-state index contributed by atoms with van der Waals surface area (Å²) in [5.74, 6) is 0.266. The molecule has 0 amide bonds. The van der Waals surface area contributed by atoms with Gasteiger partial charge in [-0.3, -0.25) is 9.59 Å². The Kier molecular flexibility index (Phi) is 3.51. The number of ether oxygens (including phenoxy) is 1. The monoisotopic (exact) mass is 293 g/mol. The maximum Gasteiger partial charge on any atom is 0.200 e. The van der Waals surface area contributed by atoms with Gasteiger partial charge < -0.3 is 9.72 Å². The maximum absolute atomic E-state index is 12.6. The molecule has 0 spiro atoms. The van der Waals surface area contributed by atoms with Crippen molar-refractivity contribution in [2.45, 2.75) is 6.92 Å². The third-order valence-corrected chi connectivity index (χ3v) is 3.61. The van der Waals surface area contributed by atoms with Crippen LogP contribution in [-0.2, 0) is 0 Å². The highest BCUT2D eigenvalue weighted by atomic mass is 16.5. The molecule has 0 saturated heterocycles. The van der Waals surface area contributed by atoms with Gasteiger partial charge in [-0.25, -0.2) is 0 Å². The molecule has 22 heavy (non-hydrogen) atoms. The number of fused-ring (bicyclic) bond motifs is 1.